The van der Waals surface area contributed by atoms with Gasteiger partial charge in [-0.05, 0) is 111 Å². The van der Waals surface area contributed by atoms with Gasteiger partial charge in [-0.15, -0.1) is 15.2 Å². The van der Waals surface area contributed by atoms with E-state index < -0.39 is 48.0 Å². The number of fused-ring (bicyclic) bond motifs is 3. The van der Waals surface area contributed by atoms with Crippen molar-refractivity contribution in [2.24, 2.45) is 41.3 Å². The van der Waals surface area contributed by atoms with Gasteiger partial charge in [0, 0.05) is 6.61 Å². The zero-order valence-corrected chi connectivity index (χ0v) is 38.3. The fourth-order valence-electron chi connectivity index (χ4n) is 8.33. The van der Waals surface area contributed by atoms with E-state index in [1.807, 2.05) is 0 Å². The quantitative estimate of drug-likeness (QED) is 0.0485. The van der Waals surface area contributed by atoms with E-state index >= 15 is 0 Å². The first-order chi connectivity index (χ1) is 33.2. The maximum absolute atomic E-state index is 12.0. The molecule has 0 radical (unpaired) electrons. The number of allylic oxidation sites excluding steroid dienone is 4. The maximum atomic E-state index is 12.0. The van der Waals surface area contributed by atoms with Gasteiger partial charge < -0.3 is 35.8 Å². The Kier molecular flexibility index (Phi) is 24.1. The molecule has 0 spiro atoms. The Morgan fingerprint density at radius 1 is 0.465 bits per heavy atom. The average molecular weight is 995 g/mol. The fourth-order valence-corrected chi connectivity index (χ4v) is 8.33. The van der Waals surface area contributed by atoms with Gasteiger partial charge in [0.15, 0.2) is 0 Å². The number of nitrogens with two attached hydrogens (primary N) is 3. The summed E-state index contributed by atoms with van der Waals surface area (Å²) in [6.45, 7) is 1.30. The van der Waals surface area contributed by atoms with Crippen molar-refractivity contribution in [3.05, 3.63) is 130 Å². The van der Waals surface area contributed by atoms with Crippen molar-refractivity contribution in [2.75, 3.05) is 26.4 Å². The van der Waals surface area contributed by atoms with Gasteiger partial charge in [0.2, 0.25) is 0 Å². The molecule has 2 unspecified atom stereocenters. The summed E-state index contributed by atoms with van der Waals surface area (Å²) < 4.78 is 0. The van der Waals surface area contributed by atoms with Crippen LogP contribution in [0, 0.1) is 23.7 Å². The normalized spacial score (nSPS) is 23.4. The molecule has 7 aliphatic rings. The number of carbonyl (C=O) groups excluding carboxylic acids is 6. The summed E-state index contributed by atoms with van der Waals surface area (Å²) in [7, 11) is 0. The molecule has 0 aromatic heterocycles. The van der Waals surface area contributed by atoms with Crippen LogP contribution in [0.3, 0.4) is 0 Å². The molecule has 3 aliphatic heterocycles. The molecule has 22 heteroatoms. The van der Waals surface area contributed by atoms with E-state index in [2.05, 4.69) is 40.8 Å². The second-order valence-electron chi connectivity index (χ2n) is 17.0. The highest BCUT2D eigenvalue weighted by molar-refractivity contribution is 6.21. The van der Waals surface area contributed by atoms with E-state index in [9.17, 15) is 39.0 Å². The average Bonchev–Trinajstić information content (AvgIpc) is 4.27. The monoisotopic (exact) mass is 994 g/mol. The van der Waals surface area contributed by atoms with Crippen LogP contribution in [-0.2, 0) is 14.5 Å². The molecule has 3 heterocycles. The molecule has 6 amide bonds. The highest BCUT2D eigenvalue weighted by Crippen LogP contribution is 2.30. The van der Waals surface area contributed by atoms with Crippen molar-refractivity contribution in [3.63, 3.8) is 0 Å². The largest absolute Gasteiger partial charge is 0.412 e. The second kappa shape index (κ2) is 28.8. The van der Waals surface area contributed by atoms with Gasteiger partial charge in [0.05, 0.1) is 77.6 Å². The Morgan fingerprint density at radius 2 is 0.732 bits per heavy atom. The molecule has 3 aromatic carbocycles. The molecule has 388 valence electrons. The molecule has 71 heavy (non-hydrogen) atoms. The number of imide groups is 3. The molecular weight excluding hydrogens is 929 g/mol. The first-order valence-corrected chi connectivity index (χ1v) is 22.4. The Morgan fingerprint density at radius 3 is 1.01 bits per heavy atom. The minimum atomic E-state index is -0.759. The maximum Gasteiger partial charge on any atom is 0.285 e. The number of hydrogen-bond acceptors (Lipinski definition) is 18. The topological polar surface area (TPSA) is 371 Å². The van der Waals surface area contributed by atoms with Gasteiger partial charge in [-0.1, -0.05) is 68.1 Å². The number of carbonyl (C=O) groups is 6. The van der Waals surface area contributed by atoms with Crippen LogP contribution in [0.2, 0.25) is 0 Å². The third kappa shape index (κ3) is 15.0. The highest BCUT2D eigenvalue weighted by Gasteiger charge is 2.40. The van der Waals surface area contributed by atoms with E-state index in [0.717, 1.165) is 35.8 Å². The second-order valence-corrected chi connectivity index (χ2v) is 17.0. The predicted octanol–water partition coefficient (Wildman–Crippen LogP) is 1.78. The minimum Gasteiger partial charge on any atom is -0.412 e. The SMILES string of the molecule is C.NN.NOCC1C[C@@H](O)[C@@H](O)C1.O.O=C1c2ccccc2C(=O)N1O.O=C1c2ccccc2C(=O)N1OCC1CC=CC1.O=C1c2ccccc2C(=O)N1OCC1C[C@@H](O)[C@@H](O)C1.OCC1CC=CC1. The Balaban J connectivity index is 0.000000240. The molecule has 10 rings (SSSR count). The van der Waals surface area contributed by atoms with Gasteiger partial charge in [-0.3, -0.25) is 55.3 Å². The number of hydrogen-bond donors (Lipinski definition) is 9. The molecule has 0 saturated heterocycles. The van der Waals surface area contributed by atoms with Crippen molar-refractivity contribution in [3.8, 4) is 0 Å². The van der Waals surface area contributed by atoms with E-state index in [4.69, 9.17) is 36.1 Å². The fraction of sp³-hybridized carbons (Fsp3) is 0.429. The zero-order valence-electron chi connectivity index (χ0n) is 38.3. The van der Waals surface area contributed by atoms with Gasteiger partial charge in [0.1, 0.15) is 0 Å². The summed E-state index contributed by atoms with van der Waals surface area (Å²) in [5.41, 5.74) is 2.03. The lowest BCUT2D eigenvalue weighted by molar-refractivity contribution is -0.103. The van der Waals surface area contributed by atoms with Crippen LogP contribution in [-0.4, -0.2) is 138 Å². The summed E-state index contributed by atoms with van der Waals surface area (Å²) in [6, 6.07) is 19.6. The van der Waals surface area contributed by atoms with Crippen molar-refractivity contribution in [1.82, 2.24) is 15.2 Å². The number of benzene rings is 3. The van der Waals surface area contributed by atoms with Crippen molar-refractivity contribution >= 4 is 35.4 Å². The van der Waals surface area contributed by atoms with Gasteiger partial charge in [-0.25, -0.2) is 5.90 Å². The Hall–Kier alpha value is -5.96. The summed E-state index contributed by atoms with van der Waals surface area (Å²) in [5, 5.41) is 56.2. The number of rotatable bonds is 9. The third-order valence-electron chi connectivity index (χ3n) is 12.2. The number of hydrazine groups is 1. The molecule has 3 aromatic rings. The van der Waals surface area contributed by atoms with Gasteiger partial charge in [0.25, 0.3) is 35.4 Å². The molecule has 2 fully saturated rings. The lowest BCUT2D eigenvalue weighted by Crippen LogP contribution is -2.31. The van der Waals surface area contributed by atoms with Crippen molar-refractivity contribution < 1.29 is 79.5 Å². The molecule has 22 nitrogen and oxygen atoms in total. The van der Waals surface area contributed by atoms with Crippen LogP contribution in [0.25, 0.3) is 0 Å². The number of aliphatic hydroxyl groups excluding tert-OH is 5. The van der Waals surface area contributed by atoms with Crippen LogP contribution in [0.4, 0.5) is 0 Å². The van der Waals surface area contributed by atoms with Crippen LogP contribution >= 0.6 is 0 Å². The van der Waals surface area contributed by atoms with Gasteiger partial charge in [-0.2, -0.15) is 0 Å². The summed E-state index contributed by atoms with van der Waals surface area (Å²) in [6.07, 6.45) is 11.8. The number of aliphatic hydroxyl groups is 5. The van der Waals surface area contributed by atoms with E-state index in [0.29, 0.717) is 79.6 Å². The summed E-state index contributed by atoms with van der Waals surface area (Å²) in [4.78, 5) is 85.2. The summed E-state index contributed by atoms with van der Waals surface area (Å²) >= 11 is 0. The van der Waals surface area contributed by atoms with Crippen LogP contribution < -0.4 is 17.6 Å². The van der Waals surface area contributed by atoms with Gasteiger partial charge >= 0.3 is 0 Å². The lowest BCUT2D eigenvalue weighted by Gasteiger charge is -2.16. The standard InChI is InChI=1S/C14H15NO5.C14H13NO3.C8H5NO3.C6H13NO3.C6H10O.CH4.H4N2.H2O/c16-11-5-8(6-12(11)17)7-20-15-13(18)9-3-1-2-4-10(9)14(15)19;16-13-11-7-3-4-8-12(11)14(17)15(13)18-9-10-5-1-2-6-10;10-7-5-3-1-2-4-6(5)8(11)9(7)12;7-10-3-4-1-5(8)6(9)2-4;7-5-6-3-1-2-4-6;;1-2;/h1-4,8,11-12,16-17H,5-7H2;1-4,7-8,10H,5-6,9H2;1-4,12H;4-6,8-9H,1-3,7H2;1-2,6-7H,3-5H2;1H4;1-2H2;1H2/t8?,11-,12+;;;4?,5-,6+;;;;. The molecule has 14 N–H and O–H groups in total. The van der Waals surface area contributed by atoms with E-state index in [1.54, 1.807) is 60.7 Å². The zero-order chi connectivity index (χ0) is 50.2. The predicted molar refractivity (Wildman–Crippen MR) is 254 cm³/mol. The van der Waals surface area contributed by atoms with Crippen molar-refractivity contribution in [2.45, 2.75) is 83.2 Å². The lowest BCUT2D eigenvalue weighted by atomic mass is 10.1. The van der Waals surface area contributed by atoms with E-state index in [1.165, 1.54) is 12.1 Å². The molecule has 0 bridgehead atoms. The van der Waals surface area contributed by atoms with E-state index in [-0.39, 0.29) is 59.4 Å². The van der Waals surface area contributed by atoms with Crippen LogP contribution in [0.15, 0.2) is 97.1 Å². The van der Waals surface area contributed by atoms with Crippen molar-refractivity contribution in [1.29, 1.82) is 0 Å². The molecule has 6 atom stereocenters. The number of nitrogens with zero attached hydrogens (tertiary/aromatic N) is 3. The first kappa shape index (κ1) is 59.3. The van der Waals surface area contributed by atoms with Crippen LogP contribution in [0.1, 0.15) is 121 Å². The number of hydroxylamine groups is 6. The van der Waals surface area contributed by atoms with Crippen LogP contribution in [0.5, 0.6) is 0 Å². The summed E-state index contributed by atoms with van der Waals surface area (Å²) in [5.74, 6) is 10.9. The molecular formula is C49H66N6O16. The molecule has 2 saturated carbocycles. The Bertz CT molecular complexity index is 2190. The Labute approximate surface area is 410 Å². The minimum absolute atomic E-state index is 0. The smallest absolute Gasteiger partial charge is 0.285 e. The molecule has 4 aliphatic carbocycles. The number of amides is 6. The first-order valence-electron chi connectivity index (χ1n) is 22.4. The highest BCUT2D eigenvalue weighted by atomic mass is 16.7. The third-order valence-corrected chi connectivity index (χ3v) is 12.2.